The molecule has 0 saturated carbocycles. The lowest BCUT2D eigenvalue weighted by atomic mass is 10.0. The Kier molecular flexibility index (Phi) is 4.32. The lowest BCUT2D eigenvalue weighted by Crippen LogP contribution is -2.50. The third-order valence-corrected chi connectivity index (χ3v) is 3.62. The summed E-state index contributed by atoms with van der Waals surface area (Å²) in [6.45, 7) is 2.85. The van der Waals surface area contributed by atoms with Gasteiger partial charge in [0.25, 0.3) is 5.91 Å². The van der Waals surface area contributed by atoms with Gasteiger partial charge in [-0.2, -0.15) is 0 Å². The predicted octanol–water partition coefficient (Wildman–Crippen LogP) is 2.51. The van der Waals surface area contributed by atoms with E-state index in [-0.39, 0.29) is 21.3 Å². The van der Waals surface area contributed by atoms with E-state index in [2.05, 4.69) is 0 Å². The molecule has 0 spiro atoms. The second-order valence-electron chi connectivity index (χ2n) is 4.58. The van der Waals surface area contributed by atoms with Crippen LogP contribution in [0.15, 0.2) is 12.1 Å². The van der Waals surface area contributed by atoms with Crippen molar-refractivity contribution in [2.45, 2.75) is 19.4 Å². The number of carboxylic acid groups (broad SMARTS) is 1. The molecule has 0 fully saturated rings. The number of rotatable bonds is 3. The van der Waals surface area contributed by atoms with Crippen molar-refractivity contribution in [1.82, 2.24) is 4.90 Å². The van der Waals surface area contributed by atoms with Crippen molar-refractivity contribution in [2.24, 2.45) is 0 Å². The van der Waals surface area contributed by atoms with E-state index in [0.29, 0.717) is 0 Å². The summed E-state index contributed by atoms with van der Waals surface area (Å²) >= 11 is 11.7. The van der Waals surface area contributed by atoms with Gasteiger partial charge in [0.2, 0.25) is 0 Å². The minimum absolute atomic E-state index is 0.150. The molecule has 0 atom stereocenters. The Morgan fingerprint density at radius 3 is 2.05 bits per heavy atom. The smallest absolute Gasteiger partial charge is 0.329 e. The molecule has 0 aliphatic carbocycles. The zero-order valence-electron chi connectivity index (χ0n) is 10.7. The summed E-state index contributed by atoms with van der Waals surface area (Å²) in [5.41, 5.74) is 4.59. The highest BCUT2D eigenvalue weighted by Crippen LogP contribution is 2.30. The lowest BCUT2D eigenvalue weighted by Gasteiger charge is -2.31. The van der Waals surface area contributed by atoms with Crippen molar-refractivity contribution in [3.05, 3.63) is 27.7 Å². The molecule has 0 saturated heterocycles. The lowest BCUT2D eigenvalue weighted by molar-refractivity contribution is -0.147. The van der Waals surface area contributed by atoms with Gasteiger partial charge in [0.05, 0.1) is 15.7 Å². The van der Waals surface area contributed by atoms with E-state index < -0.39 is 17.4 Å². The summed E-state index contributed by atoms with van der Waals surface area (Å²) in [7, 11) is 1.40. The van der Waals surface area contributed by atoms with E-state index in [1.165, 1.54) is 33.0 Å². The van der Waals surface area contributed by atoms with Crippen LogP contribution in [-0.4, -0.2) is 34.5 Å². The molecule has 0 aliphatic rings. The fraction of sp³-hybridized carbons (Fsp3) is 0.333. The fourth-order valence-corrected chi connectivity index (χ4v) is 1.79. The topological polar surface area (TPSA) is 83.6 Å². The van der Waals surface area contributed by atoms with Crippen molar-refractivity contribution >= 4 is 40.8 Å². The number of carbonyl (C=O) groups excluding carboxylic acids is 1. The average molecular weight is 305 g/mol. The van der Waals surface area contributed by atoms with Gasteiger partial charge in [0, 0.05) is 12.6 Å². The van der Waals surface area contributed by atoms with Gasteiger partial charge in [-0.25, -0.2) is 4.79 Å². The van der Waals surface area contributed by atoms with Gasteiger partial charge in [-0.05, 0) is 26.0 Å². The Morgan fingerprint density at radius 1 is 1.26 bits per heavy atom. The Labute approximate surface area is 120 Å². The molecule has 7 heteroatoms. The molecular formula is C12H14Cl2N2O3. The Hall–Kier alpha value is -1.46. The van der Waals surface area contributed by atoms with E-state index in [1.54, 1.807) is 0 Å². The van der Waals surface area contributed by atoms with Crippen molar-refractivity contribution in [3.8, 4) is 0 Å². The Balaban J connectivity index is 3.18. The van der Waals surface area contributed by atoms with E-state index >= 15 is 0 Å². The van der Waals surface area contributed by atoms with Crippen LogP contribution in [0.25, 0.3) is 0 Å². The second-order valence-corrected chi connectivity index (χ2v) is 5.40. The standard InChI is InChI=1S/C12H14Cl2N2O3/c1-12(2,11(18)19)16(3)10(17)6-4-7(13)9(15)8(14)5-6/h4-5H,15H2,1-3H3,(H,18,19). The number of halogens is 2. The number of carboxylic acids is 1. The molecule has 0 bridgehead atoms. The second kappa shape index (κ2) is 5.27. The van der Waals surface area contributed by atoms with Crippen molar-refractivity contribution < 1.29 is 14.7 Å². The maximum absolute atomic E-state index is 12.2. The summed E-state index contributed by atoms with van der Waals surface area (Å²) in [4.78, 5) is 24.4. The van der Waals surface area contributed by atoms with Gasteiger partial charge in [-0.15, -0.1) is 0 Å². The Bertz CT molecular complexity index is 521. The van der Waals surface area contributed by atoms with Gasteiger partial charge < -0.3 is 15.7 Å². The molecule has 0 heterocycles. The molecule has 0 aromatic heterocycles. The normalized spacial score (nSPS) is 11.2. The first-order valence-electron chi connectivity index (χ1n) is 5.35. The number of amides is 1. The van der Waals surface area contributed by atoms with Gasteiger partial charge >= 0.3 is 5.97 Å². The average Bonchev–Trinajstić information content (AvgIpc) is 2.33. The number of hydrogen-bond donors (Lipinski definition) is 2. The Morgan fingerprint density at radius 2 is 1.68 bits per heavy atom. The highest BCUT2D eigenvalue weighted by atomic mass is 35.5. The SMILES string of the molecule is CN(C(=O)c1cc(Cl)c(N)c(Cl)c1)C(C)(C)C(=O)O. The zero-order chi connectivity index (χ0) is 15.0. The molecule has 3 N–H and O–H groups in total. The van der Waals surface area contributed by atoms with E-state index in [0.717, 1.165) is 4.90 Å². The minimum Gasteiger partial charge on any atom is -0.480 e. The van der Waals surface area contributed by atoms with E-state index in [9.17, 15) is 9.59 Å². The number of aliphatic carboxylic acids is 1. The number of likely N-dealkylation sites (N-methyl/N-ethyl adjacent to an activating group) is 1. The number of benzene rings is 1. The van der Waals surface area contributed by atoms with Crippen LogP contribution >= 0.6 is 23.2 Å². The quantitative estimate of drug-likeness (QED) is 0.840. The van der Waals surface area contributed by atoms with Crippen molar-refractivity contribution in [1.29, 1.82) is 0 Å². The highest BCUT2D eigenvalue weighted by Gasteiger charge is 2.35. The number of nitrogens with zero attached hydrogens (tertiary/aromatic N) is 1. The largest absolute Gasteiger partial charge is 0.480 e. The molecule has 1 aromatic rings. The zero-order valence-corrected chi connectivity index (χ0v) is 12.2. The van der Waals surface area contributed by atoms with Gasteiger partial charge in [-0.3, -0.25) is 4.79 Å². The first-order valence-corrected chi connectivity index (χ1v) is 6.10. The summed E-state index contributed by atoms with van der Waals surface area (Å²) in [6.07, 6.45) is 0. The molecule has 104 valence electrons. The molecule has 1 aromatic carbocycles. The number of hydrogen-bond acceptors (Lipinski definition) is 3. The van der Waals surface area contributed by atoms with Crippen molar-refractivity contribution in [2.75, 3.05) is 12.8 Å². The molecule has 0 radical (unpaired) electrons. The molecular weight excluding hydrogens is 291 g/mol. The minimum atomic E-state index is -1.35. The maximum Gasteiger partial charge on any atom is 0.329 e. The summed E-state index contributed by atoms with van der Waals surface area (Å²) < 4.78 is 0. The molecule has 5 nitrogen and oxygen atoms in total. The molecule has 1 rings (SSSR count). The third-order valence-electron chi connectivity index (χ3n) is 2.99. The fourth-order valence-electron chi connectivity index (χ4n) is 1.30. The molecule has 19 heavy (non-hydrogen) atoms. The van der Waals surface area contributed by atoms with Crippen molar-refractivity contribution in [3.63, 3.8) is 0 Å². The summed E-state index contributed by atoms with van der Waals surface area (Å²) in [6, 6.07) is 2.72. The molecule has 0 unspecified atom stereocenters. The number of anilines is 1. The first kappa shape index (κ1) is 15.6. The number of nitrogen functional groups attached to an aromatic ring is 1. The third kappa shape index (κ3) is 2.93. The van der Waals surface area contributed by atoms with Gasteiger partial charge in [-0.1, -0.05) is 23.2 Å². The molecule has 0 aliphatic heterocycles. The summed E-state index contributed by atoms with van der Waals surface area (Å²) in [5, 5.41) is 9.40. The van der Waals surface area contributed by atoms with Crippen LogP contribution in [0.3, 0.4) is 0 Å². The van der Waals surface area contributed by atoms with E-state index in [4.69, 9.17) is 34.0 Å². The first-order chi connectivity index (χ1) is 8.59. The number of carbonyl (C=O) groups is 2. The van der Waals surface area contributed by atoms with Gasteiger partial charge in [0.1, 0.15) is 5.54 Å². The van der Waals surface area contributed by atoms with Crippen LogP contribution in [0.1, 0.15) is 24.2 Å². The van der Waals surface area contributed by atoms with Crippen LogP contribution in [-0.2, 0) is 4.79 Å². The van der Waals surface area contributed by atoms with Crippen LogP contribution in [0.5, 0.6) is 0 Å². The van der Waals surface area contributed by atoms with Crippen LogP contribution < -0.4 is 5.73 Å². The molecule has 1 amide bonds. The van der Waals surface area contributed by atoms with Crippen LogP contribution in [0, 0.1) is 0 Å². The van der Waals surface area contributed by atoms with E-state index in [1.807, 2.05) is 0 Å². The predicted molar refractivity (Wildman–Crippen MR) is 74.7 cm³/mol. The highest BCUT2D eigenvalue weighted by molar-refractivity contribution is 6.39. The number of nitrogens with two attached hydrogens (primary N) is 1. The van der Waals surface area contributed by atoms with Crippen LogP contribution in [0.2, 0.25) is 10.0 Å². The summed E-state index contributed by atoms with van der Waals surface area (Å²) in [5.74, 6) is -1.62. The monoisotopic (exact) mass is 304 g/mol. The maximum atomic E-state index is 12.2. The van der Waals surface area contributed by atoms with Gasteiger partial charge in [0.15, 0.2) is 0 Å². The van der Waals surface area contributed by atoms with Crippen LogP contribution in [0.4, 0.5) is 5.69 Å².